The molecule has 2 N–H and O–H groups in total. The van der Waals surface area contributed by atoms with Gasteiger partial charge in [-0.1, -0.05) is 13.3 Å². The van der Waals surface area contributed by atoms with Crippen LogP contribution in [0.3, 0.4) is 0 Å². The van der Waals surface area contributed by atoms with Crippen LogP contribution in [0.5, 0.6) is 0 Å². The number of rotatable bonds is 6. The average molecular weight is 311 g/mol. The zero-order chi connectivity index (χ0) is 15.3. The Balaban J connectivity index is 2.09. The van der Waals surface area contributed by atoms with Crippen molar-refractivity contribution >= 4 is 15.7 Å². The van der Waals surface area contributed by atoms with Crippen LogP contribution in [-0.4, -0.2) is 26.0 Å². The summed E-state index contributed by atoms with van der Waals surface area (Å²) in [4.78, 5) is 4.05. The molecule has 0 atom stereocenters. The predicted octanol–water partition coefficient (Wildman–Crippen LogP) is 2.76. The molecule has 1 aliphatic carbocycles. The molecular formula is C15H25N3O2S. The highest BCUT2D eigenvalue weighted by Gasteiger charge is 2.27. The van der Waals surface area contributed by atoms with Gasteiger partial charge in [0.25, 0.3) is 10.0 Å². The van der Waals surface area contributed by atoms with Crippen LogP contribution in [0.25, 0.3) is 0 Å². The van der Waals surface area contributed by atoms with E-state index in [0.717, 1.165) is 31.6 Å². The second-order valence-electron chi connectivity index (χ2n) is 5.63. The minimum absolute atomic E-state index is 0.0364. The maximum absolute atomic E-state index is 12.5. The van der Waals surface area contributed by atoms with Gasteiger partial charge in [0, 0.05) is 18.8 Å². The Kier molecular flexibility index (Phi) is 5.58. The van der Waals surface area contributed by atoms with Crippen molar-refractivity contribution in [2.75, 3.05) is 11.9 Å². The fraction of sp³-hybridized carbons (Fsp3) is 0.667. The van der Waals surface area contributed by atoms with Crippen LogP contribution < -0.4 is 10.0 Å². The van der Waals surface area contributed by atoms with Gasteiger partial charge < -0.3 is 5.32 Å². The standard InChI is InChI=1S/C15H25N3O2S/c1-3-12-7-9-13(10-8-12)18-21(19,20)15-14(16-4-2)6-5-11-17-15/h5-6,11-13,16,18H,3-4,7-10H2,1-2H3. The van der Waals surface area contributed by atoms with E-state index >= 15 is 0 Å². The van der Waals surface area contributed by atoms with Crippen molar-refractivity contribution in [1.29, 1.82) is 0 Å². The largest absolute Gasteiger partial charge is 0.383 e. The Labute approximate surface area is 127 Å². The van der Waals surface area contributed by atoms with Crippen LogP contribution in [-0.2, 0) is 10.0 Å². The first-order chi connectivity index (χ1) is 10.1. The SMILES string of the molecule is CCNc1cccnc1S(=O)(=O)NC1CCC(CC)CC1. The van der Waals surface area contributed by atoms with E-state index in [0.29, 0.717) is 12.2 Å². The first-order valence-electron chi connectivity index (χ1n) is 7.78. The number of nitrogens with zero attached hydrogens (tertiary/aromatic N) is 1. The molecule has 118 valence electrons. The molecule has 0 amide bonds. The molecule has 1 aromatic heterocycles. The van der Waals surface area contributed by atoms with Gasteiger partial charge in [-0.3, -0.25) is 0 Å². The molecule has 2 rings (SSSR count). The summed E-state index contributed by atoms with van der Waals surface area (Å²) in [5.74, 6) is 0.748. The quantitative estimate of drug-likeness (QED) is 0.847. The van der Waals surface area contributed by atoms with Crippen molar-refractivity contribution in [3.63, 3.8) is 0 Å². The Morgan fingerprint density at radius 1 is 1.24 bits per heavy atom. The smallest absolute Gasteiger partial charge is 0.260 e. The predicted molar refractivity (Wildman–Crippen MR) is 84.8 cm³/mol. The molecule has 0 radical (unpaired) electrons. The molecule has 0 aromatic carbocycles. The van der Waals surface area contributed by atoms with E-state index in [2.05, 4.69) is 21.9 Å². The number of hydrogen-bond acceptors (Lipinski definition) is 4. The van der Waals surface area contributed by atoms with Crippen molar-refractivity contribution in [2.45, 2.75) is 57.0 Å². The van der Waals surface area contributed by atoms with Crippen LogP contribution >= 0.6 is 0 Å². The van der Waals surface area contributed by atoms with Crippen LogP contribution in [0, 0.1) is 5.92 Å². The zero-order valence-electron chi connectivity index (χ0n) is 12.8. The summed E-state index contributed by atoms with van der Waals surface area (Å²) in [5.41, 5.74) is 0.565. The topological polar surface area (TPSA) is 71.1 Å². The second kappa shape index (κ2) is 7.22. The zero-order valence-corrected chi connectivity index (χ0v) is 13.6. The minimum Gasteiger partial charge on any atom is -0.383 e. The monoisotopic (exact) mass is 311 g/mol. The number of sulfonamides is 1. The molecule has 1 fully saturated rings. The highest BCUT2D eigenvalue weighted by molar-refractivity contribution is 7.89. The molecule has 6 heteroatoms. The number of pyridine rings is 1. The Hall–Kier alpha value is -1.14. The maximum atomic E-state index is 12.5. The normalized spacial score (nSPS) is 23.0. The van der Waals surface area contributed by atoms with Gasteiger partial charge in [-0.05, 0) is 50.7 Å². The summed E-state index contributed by atoms with van der Waals surface area (Å²) in [6.45, 7) is 4.80. The molecule has 1 saturated carbocycles. The van der Waals surface area contributed by atoms with Crippen LogP contribution in [0.1, 0.15) is 46.0 Å². The third-order valence-corrected chi connectivity index (χ3v) is 5.62. The van der Waals surface area contributed by atoms with Gasteiger partial charge in [0.1, 0.15) is 0 Å². The molecule has 5 nitrogen and oxygen atoms in total. The fourth-order valence-corrected chi connectivity index (χ4v) is 4.31. The van der Waals surface area contributed by atoms with Crippen molar-refractivity contribution in [3.05, 3.63) is 18.3 Å². The summed E-state index contributed by atoms with van der Waals surface area (Å²) in [6.07, 6.45) is 6.74. The van der Waals surface area contributed by atoms with Crippen LogP contribution in [0.15, 0.2) is 23.4 Å². The molecule has 21 heavy (non-hydrogen) atoms. The Morgan fingerprint density at radius 3 is 2.57 bits per heavy atom. The summed E-state index contributed by atoms with van der Waals surface area (Å²) < 4.78 is 27.9. The van der Waals surface area contributed by atoms with E-state index < -0.39 is 10.0 Å². The van der Waals surface area contributed by atoms with Crippen molar-refractivity contribution in [3.8, 4) is 0 Å². The van der Waals surface area contributed by atoms with Crippen molar-refractivity contribution in [1.82, 2.24) is 9.71 Å². The lowest BCUT2D eigenvalue weighted by Crippen LogP contribution is -2.38. The second-order valence-corrected chi connectivity index (χ2v) is 7.26. The highest BCUT2D eigenvalue weighted by Crippen LogP contribution is 2.28. The number of hydrogen-bond donors (Lipinski definition) is 2. The van der Waals surface area contributed by atoms with Gasteiger partial charge in [0.15, 0.2) is 5.03 Å². The van der Waals surface area contributed by atoms with E-state index in [1.165, 1.54) is 12.6 Å². The fourth-order valence-electron chi connectivity index (χ4n) is 2.89. The van der Waals surface area contributed by atoms with Gasteiger partial charge >= 0.3 is 0 Å². The number of nitrogens with one attached hydrogen (secondary N) is 2. The highest BCUT2D eigenvalue weighted by atomic mass is 32.2. The Bertz CT molecular complexity index is 552. The maximum Gasteiger partial charge on any atom is 0.260 e. The molecule has 0 spiro atoms. The van der Waals surface area contributed by atoms with E-state index in [1.54, 1.807) is 12.1 Å². The van der Waals surface area contributed by atoms with E-state index in [-0.39, 0.29) is 11.1 Å². The van der Waals surface area contributed by atoms with E-state index in [1.807, 2.05) is 6.92 Å². The van der Waals surface area contributed by atoms with E-state index in [9.17, 15) is 8.42 Å². The van der Waals surface area contributed by atoms with E-state index in [4.69, 9.17) is 0 Å². The lowest BCUT2D eigenvalue weighted by Gasteiger charge is -2.28. The first kappa shape index (κ1) is 16.2. The van der Waals surface area contributed by atoms with Crippen molar-refractivity contribution in [2.24, 2.45) is 5.92 Å². The third kappa shape index (κ3) is 4.17. The molecule has 1 aromatic rings. The van der Waals surface area contributed by atoms with Gasteiger partial charge in [0.2, 0.25) is 0 Å². The molecule has 0 bridgehead atoms. The minimum atomic E-state index is -3.56. The lowest BCUT2D eigenvalue weighted by atomic mass is 9.85. The molecule has 0 aliphatic heterocycles. The summed E-state index contributed by atoms with van der Waals surface area (Å²) >= 11 is 0. The summed E-state index contributed by atoms with van der Waals surface area (Å²) in [5, 5.41) is 3.16. The van der Waals surface area contributed by atoms with Gasteiger partial charge in [-0.2, -0.15) is 0 Å². The number of anilines is 1. The number of aromatic nitrogens is 1. The van der Waals surface area contributed by atoms with Crippen molar-refractivity contribution < 1.29 is 8.42 Å². The van der Waals surface area contributed by atoms with Gasteiger partial charge in [-0.25, -0.2) is 18.1 Å². The lowest BCUT2D eigenvalue weighted by molar-refractivity contribution is 0.306. The Morgan fingerprint density at radius 2 is 1.95 bits per heavy atom. The van der Waals surface area contributed by atoms with Gasteiger partial charge in [-0.15, -0.1) is 0 Å². The van der Waals surface area contributed by atoms with Crippen LogP contribution in [0.2, 0.25) is 0 Å². The summed E-state index contributed by atoms with van der Waals surface area (Å²) in [7, 11) is -3.56. The van der Waals surface area contributed by atoms with Crippen LogP contribution in [0.4, 0.5) is 5.69 Å². The molecule has 1 aliphatic rings. The molecular weight excluding hydrogens is 286 g/mol. The average Bonchev–Trinajstić information content (AvgIpc) is 2.48. The molecule has 1 heterocycles. The third-order valence-electron chi connectivity index (χ3n) is 4.14. The molecule has 0 saturated heterocycles. The summed E-state index contributed by atoms with van der Waals surface area (Å²) in [6, 6.07) is 3.52. The van der Waals surface area contributed by atoms with Gasteiger partial charge in [0.05, 0.1) is 5.69 Å². The molecule has 0 unspecified atom stereocenters. The first-order valence-corrected chi connectivity index (χ1v) is 9.26.